The molecule has 0 saturated heterocycles. The molecule has 3 aromatic rings. The molecule has 27 heavy (non-hydrogen) atoms. The van der Waals surface area contributed by atoms with Crippen LogP contribution >= 0.6 is 0 Å². The molecule has 4 nitrogen and oxygen atoms in total. The minimum absolute atomic E-state index is 0.199. The maximum Gasteiger partial charge on any atom is 0.458 e. The van der Waals surface area contributed by atoms with E-state index in [9.17, 15) is 23.1 Å². The normalized spacial score (nSPS) is 12.7. The number of carbonyl (C=O) groups is 1. The van der Waals surface area contributed by atoms with E-state index in [1.165, 1.54) is 0 Å². The third kappa shape index (κ3) is 4.62. The van der Waals surface area contributed by atoms with Crippen LogP contribution in [0.25, 0.3) is 11.1 Å². The lowest BCUT2D eigenvalue weighted by Gasteiger charge is -2.08. The standard InChI is InChI=1S/C20H16F3NO3/c21-20(22,23)18(26)17-12-24-19(27-17)16(25)11-8-13-6-9-15(10-7-13)14-4-2-1-3-5-14/h1-7,9-10,12,16,25H,8,11H2. The highest BCUT2D eigenvalue weighted by atomic mass is 19.4. The number of nitrogens with zero attached hydrogens (tertiary/aromatic N) is 1. The van der Waals surface area contributed by atoms with Gasteiger partial charge in [0, 0.05) is 0 Å². The molecule has 0 bridgehead atoms. The summed E-state index contributed by atoms with van der Waals surface area (Å²) >= 11 is 0. The SMILES string of the molecule is O=C(c1cnc(C(O)CCc2ccc(-c3ccccc3)cc2)o1)C(F)(F)F. The van der Waals surface area contributed by atoms with E-state index in [0.29, 0.717) is 12.6 Å². The number of ketones is 1. The van der Waals surface area contributed by atoms with Gasteiger partial charge in [-0.05, 0) is 29.5 Å². The molecule has 1 N–H and O–H groups in total. The van der Waals surface area contributed by atoms with Crippen molar-refractivity contribution in [2.75, 3.05) is 0 Å². The first-order valence-corrected chi connectivity index (χ1v) is 8.24. The Bertz CT molecular complexity index is 902. The molecule has 0 aliphatic rings. The second kappa shape index (κ2) is 7.75. The van der Waals surface area contributed by atoms with Gasteiger partial charge in [-0.2, -0.15) is 13.2 Å². The number of halogens is 3. The van der Waals surface area contributed by atoms with Crippen LogP contribution < -0.4 is 0 Å². The van der Waals surface area contributed by atoms with Crippen LogP contribution in [0.15, 0.2) is 65.2 Å². The number of oxazole rings is 1. The number of aryl methyl sites for hydroxylation is 1. The van der Waals surface area contributed by atoms with Gasteiger partial charge in [0.25, 0.3) is 0 Å². The molecule has 2 aromatic carbocycles. The van der Waals surface area contributed by atoms with Gasteiger partial charge in [-0.15, -0.1) is 0 Å². The second-order valence-electron chi connectivity index (χ2n) is 6.01. The monoisotopic (exact) mass is 375 g/mol. The van der Waals surface area contributed by atoms with Gasteiger partial charge in [0.15, 0.2) is 5.76 Å². The van der Waals surface area contributed by atoms with Crippen molar-refractivity contribution in [1.29, 1.82) is 0 Å². The Hall–Kier alpha value is -2.93. The molecular weight excluding hydrogens is 359 g/mol. The predicted molar refractivity (Wildman–Crippen MR) is 92.0 cm³/mol. The van der Waals surface area contributed by atoms with Crippen LogP contribution in [-0.2, 0) is 6.42 Å². The highest BCUT2D eigenvalue weighted by Crippen LogP contribution is 2.25. The number of alkyl halides is 3. The number of benzene rings is 2. The van der Waals surface area contributed by atoms with Crippen LogP contribution in [0.2, 0.25) is 0 Å². The molecule has 0 aliphatic heterocycles. The number of aliphatic hydroxyl groups is 1. The maximum absolute atomic E-state index is 12.4. The molecule has 1 unspecified atom stereocenters. The molecule has 0 spiro atoms. The number of hydrogen-bond donors (Lipinski definition) is 1. The maximum atomic E-state index is 12.4. The van der Waals surface area contributed by atoms with Gasteiger partial charge in [-0.25, -0.2) is 4.98 Å². The Morgan fingerprint density at radius 1 is 1.04 bits per heavy atom. The van der Waals surface area contributed by atoms with Crippen molar-refractivity contribution in [3.63, 3.8) is 0 Å². The van der Waals surface area contributed by atoms with Crippen LogP contribution in [0.5, 0.6) is 0 Å². The summed E-state index contributed by atoms with van der Waals surface area (Å²) in [5.41, 5.74) is 3.10. The topological polar surface area (TPSA) is 63.3 Å². The summed E-state index contributed by atoms with van der Waals surface area (Å²) in [4.78, 5) is 14.7. The van der Waals surface area contributed by atoms with Crippen molar-refractivity contribution in [1.82, 2.24) is 4.98 Å². The molecule has 1 aromatic heterocycles. The summed E-state index contributed by atoms with van der Waals surface area (Å²) in [5.74, 6) is -3.35. The molecule has 0 radical (unpaired) electrons. The van der Waals surface area contributed by atoms with Gasteiger partial charge in [0.2, 0.25) is 5.89 Å². The quantitative estimate of drug-likeness (QED) is 0.632. The van der Waals surface area contributed by atoms with Crippen LogP contribution in [0.4, 0.5) is 13.2 Å². The van der Waals surface area contributed by atoms with Crippen molar-refractivity contribution >= 4 is 5.78 Å². The van der Waals surface area contributed by atoms with Crippen molar-refractivity contribution in [2.24, 2.45) is 0 Å². The first-order valence-electron chi connectivity index (χ1n) is 8.24. The molecule has 0 fully saturated rings. The summed E-state index contributed by atoms with van der Waals surface area (Å²) in [6, 6.07) is 17.6. The van der Waals surface area contributed by atoms with Gasteiger partial charge >= 0.3 is 12.0 Å². The summed E-state index contributed by atoms with van der Waals surface area (Å²) in [6.45, 7) is 0. The highest BCUT2D eigenvalue weighted by Gasteiger charge is 2.42. The molecule has 1 atom stereocenters. The Kier molecular flexibility index (Phi) is 5.41. The van der Waals surface area contributed by atoms with E-state index in [0.717, 1.165) is 16.7 Å². The fourth-order valence-electron chi connectivity index (χ4n) is 2.61. The second-order valence-corrected chi connectivity index (χ2v) is 6.01. The van der Waals surface area contributed by atoms with Crippen LogP contribution in [0.1, 0.15) is 34.5 Å². The Morgan fingerprint density at radius 3 is 2.30 bits per heavy atom. The highest BCUT2D eigenvalue weighted by molar-refractivity contribution is 5.97. The summed E-state index contributed by atoms with van der Waals surface area (Å²) in [5, 5.41) is 10.1. The lowest BCUT2D eigenvalue weighted by Crippen LogP contribution is -2.22. The molecule has 1 heterocycles. The third-order valence-electron chi connectivity index (χ3n) is 4.06. The average molecular weight is 375 g/mol. The summed E-state index contributed by atoms with van der Waals surface area (Å²) < 4.78 is 41.9. The summed E-state index contributed by atoms with van der Waals surface area (Å²) in [7, 11) is 0. The van der Waals surface area contributed by atoms with Crippen LogP contribution in [0, 0.1) is 0 Å². The zero-order valence-corrected chi connectivity index (χ0v) is 14.1. The minimum atomic E-state index is -5.04. The van der Waals surface area contributed by atoms with E-state index in [4.69, 9.17) is 4.42 Å². The number of hydrogen-bond acceptors (Lipinski definition) is 4. The summed E-state index contributed by atoms with van der Waals surface area (Å²) in [6.07, 6.45) is -4.88. The van der Waals surface area contributed by atoms with E-state index in [2.05, 4.69) is 4.98 Å². The Morgan fingerprint density at radius 2 is 1.67 bits per heavy atom. The number of Topliss-reactive ketones (excluding diaryl/α,β-unsaturated/α-hetero) is 1. The smallest absolute Gasteiger partial charge is 0.434 e. The Labute approximate surface area is 153 Å². The van der Waals surface area contributed by atoms with Crippen molar-refractivity contribution in [3.8, 4) is 11.1 Å². The zero-order chi connectivity index (χ0) is 19.4. The van der Waals surface area contributed by atoms with Gasteiger partial charge in [0.1, 0.15) is 6.10 Å². The first kappa shape index (κ1) is 18.8. The van der Waals surface area contributed by atoms with Gasteiger partial charge < -0.3 is 9.52 Å². The number of aliphatic hydroxyl groups excluding tert-OH is 1. The van der Waals surface area contributed by atoms with E-state index in [1.54, 1.807) is 0 Å². The third-order valence-corrected chi connectivity index (χ3v) is 4.06. The minimum Gasteiger partial charge on any atom is -0.434 e. The van der Waals surface area contributed by atoms with Crippen LogP contribution in [0.3, 0.4) is 0 Å². The largest absolute Gasteiger partial charge is 0.458 e. The fourth-order valence-corrected chi connectivity index (χ4v) is 2.61. The predicted octanol–water partition coefficient (Wildman–Crippen LogP) is 4.75. The first-order chi connectivity index (χ1) is 12.8. The van der Waals surface area contributed by atoms with Gasteiger partial charge in [0.05, 0.1) is 6.20 Å². The molecule has 0 aliphatic carbocycles. The molecule has 140 valence electrons. The van der Waals surface area contributed by atoms with E-state index in [-0.39, 0.29) is 12.3 Å². The van der Waals surface area contributed by atoms with E-state index in [1.807, 2.05) is 54.6 Å². The van der Waals surface area contributed by atoms with Crippen molar-refractivity contribution < 1.29 is 27.5 Å². The van der Waals surface area contributed by atoms with Crippen molar-refractivity contribution in [2.45, 2.75) is 25.1 Å². The van der Waals surface area contributed by atoms with E-state index >= 15 is 0 Å². The molecule has 0 saturated carbocycles. The molecular formula is C20H16F3NO3. The Balaban J connectivity index is 1.60. The molecule has 0 amide bonds. The number of carbonyl (C=O) groups excluding carboxylic acids is 1. The van der Waals surface area contributed by atoms with E-state index < -0.39 is 23.8 Å². The van der Waals surface area contributed by atoms with Crippen molar-refractivity contribution in [3.05, 3.63) is 78.0 Å². The van der Waals surface area contributed by atoms with Gasteiger partial charge in [-0.1, -0.05) is 54.6 Å². The average Bonchev–Trinajstić information content (AvgIpc) is 3.16. The van der Waals surface area contributed by atoms with Gasteiger partial charge in [-0.3, -0.25) is 4.79 Å². The molecule has 7 heteroatoms. The lowest BCUT2D eigenvalue weighted by molar-refractivity contribution is -0.0900. The zero-order valence-electron chi connectivity index (χ0n) is 14.1. The fraction of sp³-hybridized carbons (Fsp3) is 0.200. The number of aromatic nitrogens is 1. The molecule has 3 rings (SSSR count). The van der Waals surface area contributed by atoms with Crippen LogP contribution in [-0.4, -0.2) is 22.1 Å². The lowest BCUT2D eigenvalue weighted by atomic mass is 10.0. The number of rotatable bonds is 6.